The molecule has 0 aliphatic heterocycles. The van der Waals surface area contributed by atoms with E-state index in [0.29, 0.717) is 6.42 Å². The fourth-order valence-corrected chi connectivity index (χ4v) is 2.36. The second-order valence-electron chi connectivity index (χ2n) is 5.53. The molecule has 3 nitrogen and oxygen atoms in total. The van der Waals surface area contributed by atoms with Crippen molar-refractivity contribution < 1.29 is 10.0 Å². The van der Waals surface area contributed by atoms with Gasteiger partial charge < -0.3 is 0 Å². The first kappa shape index (κ1) is 22.7. The number of hydrogen-bond acceptors (Lipinski definition) is 2. The molecule has 0 bridgehead atoms. The Morgan fingerprint density at radius 3 is 1.45 bits per heavy atom. The van der Waals surface area contributed by atoms with Gasteiger partial charge in [-0.2, -0.15) is 0 Å². The van der Waals surface area contributed by atoms with Gasteiger partial charge in [0.25, 0.3) is 0 Å². The van der Waals surface area contributed by atoms with Crippen LogP contribution in [-0.2, 0) is 4.79 Å². The Bertz CT molecular complexity index is 201. The van der Waals surface area contributed by atoms with Crippen LogP contribution in [0.15, 0.2) is 0 Å². The molecule has 0 aromatic rings. The van der Waals surface area contributed by atoms with Crippen molar-refractivity contribution in [2.24, 2.45) is 0 Å². The topological polar surface area (TPSA) is 49.3 Å². The van der Waals surface area contributed by atoms with E-state index in [1.807, 2.05) is 0 Å². The number of nitrogens with one attached hydrogen (secondary N) is 1. The van der Waals surface area contributed by atoms with Crippen LogP contribution in [0.1, 0.15) is 96.8 Å². The van der Waals surface area contributed by atoms with Crippen LogP contribution in [0.25, 0.3) is 0 Å². The summed E-state index contributed by atoms with van der Waals surface area (Å²) in [6.45, 7) is 2.26. The Kier molecular flexibility index (Phi) is 22.1. The number of hydroxylamine groups is 1. The summed E-state index contributed by atoms with van der Waals surface area (Å²) >= 11 is 0. The third kappa shape index (κ3) is 18.4. The fraction of sp³-hybridized carbons (Fsp3) is 0.938. The normalized spacial score (nSPS) is 10.1. The Morgan fingerprint density at radius 2 is 1.10 bits per heavy atom. The van der Waals surface area contributed by atoms with Crippen LogP contribution in [0, 0.1) is 0 Å². The number of unbranched alkanes of at least 4 members (excludes halogenated alkanes) is 12. The standard InChI is InChI=1S/C16H33NO2.Na/c1-2-3-4-5-6-7-8-9-10-11-12-13-14-15-16(18)17-19;/h19H,2-15H2,1H3,(H,17,18);. The second kappa shape index (κ2) is 19.4. The van der Waals surface area contributed by atoms with Crippen molar-refractivity contribution in [1.29, 1.82) is 0 Å². The average molecular weight is 294 g/mol. The minimum atomic E-state index is -0.261. The molecule has 0 saturated carbocycles. The number of rotatable bonds is 14. The molecule has 0 rings (SSSR count). The van der Waals surface area contributed by atoms with Gasteiger partial charge in [-0.25, -0.2) is 5.48 Å². The van der Waals surface area contributed by atoms with Gasteiger partial charge in [0.05, 0.1) is 0 Å². The van der Waals surface area contributed by atoms with E-state index in [9.17, 15) is 4.79 Å². The van der Waals surface area contributed by atoms with Crippen LogP contribution in [0.3, 0.4) is 0 Å². The molecule has 0 heterocycles. The van der Waals surface area contributed by atoms with E-state index in [-0.39, 0.29) is 35.5 Å². The molecule has 1 radical (unpaired) electrons. The summed E-state index contributed by atoms with van der Waals surface area (Å²) in [7, 11) is 0. The predicted octanol–water partition coefficient (Wildman–Crippen LogP) is 4.59. The minimum Gasteiger partial charge on any atom is -0.289 e. The van der Waals surface area contributed by atoms with Crippen molar-refractivity contribution in [2.75, 3.05) is 0 Å². The van der Waals surface area contributed by atoms with E-state index in [1.165, 1.54) is 70.6 Å². The first-order valence-electron chi connectivity index (χ1n) is 8.24. The van der Waals surface area contributed by atoms with Gasteiger partial charge in [0.1, 0.15) is 0 Å². The quantitative estimate of drug-likeness (QED) is 0.213. The number of amides is 1. The van der Waals surface area contributed by atoms with Crippen LogP contribution >= 0.6 is 0 Å². The van der Waals surface area contributed by atoms with E-state index < -0.39 is 0 Å². The summed E-state index contributed by atoms with van der Waals surface area (Å²) in [5, 5.41) is 8.33. The van der Waals surface area contributed by atoms with E-state index in [0.717, 1.165) is 12.8 Å². The van der Waals surface area contributed by atoms with E-state index >= 15 is 0 Å². The van der Waals surface area contributed by atoms with Gasteiger partial charge >= 0.3 is 0 Å². The maximum atomic E-state index is 10.8. The zero-order chi connectivity index (χ0) is 14.2. The number of carbonyl (C=O) groups excluding carboxylic acids is 1. The second-order valence-corrected chi connectivity index (χ2v) is 5.53. The monoisotopic (exact) mass is 294 g/mol. The van der Waals surface area contributed by atoms with E-state index in [1.54, 1.807) is 5.48 Å². The Labute approximate surface area is 147 Å². The summed E-state index contributed by atoms with van der Waals surface area (Å²) in [5.41, 5.74) is 1.67. The van der Waals surface area contributed by atoms with Crippen molar-refractivity contribution in [3.05, 3.63) is 0 Å². The van der Waals surface area contributed by atoms with E-state index in [4.69, 9.17) is 5.21 Å². The van der Waals surface area contributed by atoms with Crippen LogP contribution in [0.5, 0.6) is 0 Å². The van der Waals surface area contributed by atoms with Crippen molar-refractivity contribution in [3.8, 4) is 0 Å². The van der Waals surface area contributed by atoms with Crippen LogP contribution in [0.4, 0.5) is 0 Å². The van der Waals surface area contributed by atoms with Crippen LogP contribution < -0.4 is 5.48 Å². The third-order valence-electron chi connectivity index (χ3n) is 3.63. The Hall–Kier alpha value is 0.430. The summed E-state index contributed by atoms with van der Waals surface area (Å²) < 4.78 is 0. The molecule has 0 saturated heterocycles. The average Bonchev–Trinajstić information content (AvgIpc) is 2.43. The molecule has 0 aliphatic rings. The summed E-state index contributed by atoms with van der Waals surface area (Å²) in [6, 6.07) is 0. The van der Waals surface area contributed by atoms with Gasteiger partial charge in [-0.1, -0.05) is 84.0 Å². The first-order valence-corrected chi connectivity index (χ1v) is 8.24. The molecule has 2 N–H and O–H groups in total. The molecular weight excluding hydrogens is 261 g/mol. The molecule has 20 heavy (non-hydrogen) atoms. The van der Waals surface area contributed by atoms with Gasteiger partial charge in [-0.15, -0.1) is 0 Å². The molecule has 0 aromatic heterocycles. The zero-order valence-electron chi connectivity index (χ0n) is 13.8. The van der Waals surface area contributed by atoms with Crippen LogP contribution in [0.2, 0.25) is 0 Å². The molecule has 0 spiro atoms. The van der Waals surface area contributed by atoms with E-state index in [2.05, 4.69) is 6.92 Å². The van der Waals surface area contributed by atoms with Gasteiger partial charge in [0, 0.05) is 36.0 Å². The predicted molar refractivity (Wildman–Crippen MR) is 86.0 cm³/mol. The van der Waals surface area contributed by atoms with Crippen molar-refractivity contribution in [1.82, 2.24) is 5.48 Å². The SMILES string of the molecule is CCCCCCCCCCCCCCCC(=O)NO.[Na]. The zero-order valence-corrected chi connectivity index (χ0v) is 15.8. The Balaban J connectivity index is 0. The molecule has 0 atom stereocenters. The Morgan fingerprint density at radius 1 is 0.750 bits per heavy atom. The third-order valence-corrected chi connectivity index (χ3v) is 3.63. The van der Waals surface area contributed by atoms with Crippen LogP contribution in [-0.4, -0.2) is 40.7 Å². The first-order chi connectivity index (χ1) is 9.31. The summed E-state index contributed by atoms with van der Waals surface area (Å²) in [5.74, 6) is -0.261. The van der Waals surface area contributed by atoms with Gasteiger partial charge in [-0.05, 0) is 6.42 Å². The molecule has 0 aliphatic carbocycles. The van der Waals surface area contributed by atoms with Crippen molar-refractivity contribution >= 4 is 35.5 Å². The van der Waals surface area contributed by atoms with Gasteiger partial charge in [-0.3, -0.25) is 10.0 Å². The number of hydrogen-bond donors (Lipinski definition) is 2. The van der Waals surface area contributed by atoms with Gasteiger partial charge in [0.15, 0.2) is 0 Å². The smallest absolute Gasteiger partial charge is 0.243 e. The van der Waals surface area contributed by atoms with Gasteiger partial charge in [0.2, 0.25) is 5.91 Å². The molecule has 4 heteroatoms. The fourth-order valence-electron chi connectivity index (χ4n) is 2.36. The molecule has 0 fully saturated rings. The molecule has 1 amide bonds. The van der Waals surface area contributed by atoms with Crippen molar-refractivity contribution in [2.45, 2.75) is 96.8 Å². The molecule has 0 aromatic carbocycles. The van der Waals surface area contributed by atoms with Crippen molar-refractivity contribution in [3.63, 3.8) is 0 Å². The largest absolute Gasteiger partial charge is 0.289 e. The summed E-state index contributed by atoms with van der Waals surface area (Å²) in [4.78, 5) is 10.8. The minimum absolute atomic E-state index is 0. The maximum absolute atomic E-state index is 10.8. The molecule has 0 unspecified atom stereocenters. The molecular formula is C16H33NNaO2. The summed E-state index contributed by atoms with van der Waals surface area (Å²) in [6.07, 6.45) is 17.4. The maximum Gasteiger partial charge on any atom is 0.243 e. The molecule has 115 valence electrons. The number of carbonyl (C=O) groups is 1.